The summed E-state index contributed by atoms with van der Waals surface area (Å²) in [5.74, 6) is -1.16. The number of allylic oxidation sites excluding steroid dienone is 3. The van der Waals surface area contributed by atoms with Gasteiger partial charge in [0.2, 0.25) is 5.70 Å². The van der Waals surface area contributed by atoms with Gasteiger partial charge >= 0.3 is 6.09 Å². The van der Waals surface area contributed by atoms with E-state index in [1.54, 1.807) is 12.2 Å². The number of ether oxygens (including phenoxy) is 1. The summed E-state index contributed by atoms with van der Waals surface area (Å²) in [5.41, 5.74) is -2.71. The fourth-order valence-electron chi connectivity index (χ4n) is 9.76. The van der Waals surface area contributed by atoms with Crippen LogP contribution < -0.4 is 5.32 Å². The Kier molecular flexibility index (Phi) is 5.73. The van der Waals surface area contributed by atoms with E-state index in [4.69, 9.17) is 11.3 Å². The summed E-state index contributed by atoms with van der Waals surface area (Å²) in [7, 11) is 1.39. The number of rotatable bonds is 1. The molecule has 3 saturated carbocycles. The first-order valence-corrected chi connectivity index (χ1v) is 14.0. The van der Waals surface area contributed by atoms with Crippen LogP contribution in [0.1, 0.15) is 86.5 Å². The summed E-state index contributed by atoms with van der Waals surface area (Å²) in [6, 6.07) is 0. The summed E-state index contributed by atoms with van der Waals surface area (Å²) in [5, 5.41) is 14.6. The van der Waals surface area contributed by atoms with E-state index in [2.05, 4.69) is 37.9 Å². The van der Waals surface area contributed by atoms with Gasteiger partial charge in [-0.05, 0) is 80.1 Å². The predicted octanol–water partition coefficient (Wildman–Crippen LogP) is 5.39. The molecule has 0 aliphatic heterocycles. The first-order chi connectivity index (χ1) is 17.5. The zero-order valence-corrected chi connectivity index (χ0v) is 23.9. The summed E-state index contributed by atoms with van der Waals surface area (Å²) < 4.78 is 5.03. The molecule has 0 spiro atoms. The number of nitrogens with one attached hydrogen (secondary N) is 1. The van der Waals surface area contributed by atoms with Crippen molar-refractivity contribution in [3.8, 4) is 0 Å². The lowest BCUT2D eigenvalue weighted by Crippen LogP contribution is -2.70. The topological polar surface area (TPSA) is 97.1 Å². The minimum atomic E-state index is -1.66. The van der Waals surface area contributed by atoms with Crippen LogP contribution in [0.15, 0.2) is 23.4 Å². The van der Waals surface area contributed by atoms with Crippen molar-refractivity contribution < 1.29 is 24.2 Å². The molecule has 0 saturated heterocycles. The number of nitrogens with zero attached hydrogens (tertiary/aromatic N) is 1. The van der Waals surface area contributed by atoms with Crippen molar-refractivity contribution in [1.29, 1.82) is 0 Å². The Labute approximate surface area is 226 Å². The Morgan fingerprint density at radius 3 is 2.37 bits per heavy atom. The predicted molar refractivity (Wildman–Crippen MR) is 143 cm³/mol. The van der Waals surface area contributed by atoms with E-state index >= 15 is 0 Å². The number of Topliss-reactive ketones (excluding diaryl/α,β-unsaturated/α-hetero) is 1. The third-order valence-corrected chi connectivity index (χ3v) is 12.1. The molecule has 5 aliphatic rings. The lowest BCUT2D eigenvalue weighted by atomic mass is 9.35. The second-order valence-corrected chi connectivity index (χ2v) is 14.4. The Hall–Kier alpha value is -2.46. The Balaban J connectivity index is 1.68. The smallest absolute Gasteiger partial charge is 0.407 e. The molecule has 0 bridgehead atoms. The van der Waals surface area contributed by atoms with Gasteiger partial charge in [-0.25, -0.2) is 9.64 Å². The highest BCUT2D eigenvalue weighted by Gasteiger charge is 2.70. The van der Waals surface area contributed by atoms with Crippen molar-refractivity contribution in [3.63, 3.8) is 0 Å². The van der Waals surface area contributed by atoms with Crippen LogP contribution in [0.2, 0.25) is 0 Å². The second kappa shape index (κ2) is 8.03. The number of alkyl carbamates (subject to hydrolysis) is 1. The van der Waals surface area contributed by atoms with Crippen molar-refractivity contribution in [2.45, 2.75) is 97.6 Å². The average molecular weight is 523 g/mol. The zero-order chi connectivity index (χ0) is 28.1. The number of hydrogen-bond acceptors (Lipinski definition) is 5. The number of hydrogen-bond donors (Lipinski definition) is 2. The van der Waals surface area contributed by atoms with E-state index in [-0.39, 0.29) is 39.6 Å². The number of ketones is 2. The van der Waals surface area contributed by atoms with Crippen LogP contribution in [0.3, 0.4) is 0 Å². The molecule has 0 aromatic rings. The molecule has 7 heteroatoms. The number of methoxy groups -OCH3 is 1. The maximum absolute atomic E-state index is 14.4. The van der Waals surface area contributed by atoms with Crippen LogP contribution in [-0.4, -0.2) is 41.0 Å². The molecule has 5 aliphatic carbocycles. The van der Waals surface area contributed by atoms with E-state index in [1.807, 2.05) is 6.92 Å². The molecule has 0 heterocycles. The van der Waals surface area contributed by atoms with Crippen molar-refractivity contribution >= 4 is 17.7 Å². The number of amides is 1. The van der Waals surface area contributed by atoms with Crippen LogP contribution >= 0.6 is 0 Å². The van der Waals surface area contributed by atoms with E-state index in [9.17, 15) is 19.5 Å². The molecule has 206 valence electrons. The molecule has 0 aromatic carbocycles. The fraction of sp³-hybridized carbons (Fsp3) is 0.742. The van der Waals surface area contributed by atoms with E-state index < -0.39 is 34.3 Å². The quantitative estimate of drug-likeness (QED) is 0.450. The highest BCUT2D eigenvalue weighted by atomic mass is 16.5. The molecular formula is C31H42N2O5. The lowest BCUT2D eigenvalue weighted by Gasteiger charge is -2.69. The number of fused-ring (bicyclic) bond motifs is 7. The van der Waals surface area contributed by atoms with Crippen molar-refractivity contribution in [2.75, 3.05) is 7.11 Å². The van der Waals surface area contributed by atoms with Crippen molar-refractivity contribution in [1.82, 2.24) is 5.32 Å². The molecule has 8 atom stereocenters. The summed E-state index contributed by atoms with van der Waals surface area (Å²) in [6.45, 7) is 20.2. The zero-order valence-electron chi connectivity index (χ0n) is 23.9. The molecule has 3 fully saturated rings. The molecule has 38 heavy (non-hydrogen) atoms. The minimum absolute atomic E-state index is 0.0258. The normalized spacial score (nSPS) is 47.2. The van der Waals surface area contributed by atoms with Gasteiger partial charge in [0.15, 0.2) is 11.6 Å². The highest BCUT2D eigenvalue weighted by Crippen LogP contribution is 2.72. The molecular weight excluding hydrogens is 480 g/mol. The minimum Gasteiger partial charge on any atom is -0.453 e. The van der Waals surface area contributed by atoms with Crippen LogP contribution in [-0.2, 0) is 14.3 Å². The van der Waals surface area contributed by atoms with Gasteiger partial charge in [-0.15, -0.1) is 0 Å². The number of carbonyl (C=O) groups excluding carboxylic acids is 3. The van der Waals surface area contributed by atoms with Gasteiger partial charge in [-0.1, -0.05) is 46.3 Å². The van der Waals surface area contributed by atoms with Gasteiger partial charge in [0.1, 0.15) is 5.60 Å². The molecule has 1 amide bonds. The summed E-state index contributed by atoms with van der Waals surface area (Å²) in [4.78, 5) is 43.4. The first-order valence-electron chi connectivity index (χ1n) is 14.0. The lowest BCUT2D eigenvalue weighted by molar-refractivity contribution is -0.166. The Bertz CT molecular complexity index is 1220. The Morgan fingerprint density at radius 2 is 1.74 bits per heavy atom. The van der Waals surface area contributed by atoms with E-state index in [0.29, 0.717) is 6.42 Å². The summed E-state index contributed by atoms with van der Waals surface area (Å²) in [6.07, 6.45) is 8.64. The Morgan fingerprint density at radius 1 is 1.08 bits per heavy atom. The molecule has 0 radical (unpaired) electrons. The second-order valence-electron chi connectivity index (χ2n) is 14.4. The molecule has 5 rings (SSSR count). The third kappa shape index (κ3) is 3.31. The highest BCUT2D eigenvalue weighted by molar-refractivity contribution is 6.05. The van der Waals surface area contributed by atoms with Crippen LogP contribution in [0, 0.1) is 46.0 Å². The van der Waals surface area contributed by atoms with Crippen molar-refractivity contribution in [3.05, 3.63) is 34.8 Å². The summed E-state index contributed by atoms with van der Waals surface area (Å²) >= 11 is 0. The van der Waals surface area contributed by atoms with Crippen LogP contribution in [0.4, 0.5) is 4.79 Å². The maximum atomic E-state index is 14.4. The largest absolute Gasteiger partial charge is 0.453 e. The van der Waals surface area contributed by atoms with Crippen molar-refractivity contribution in [2.24, 2.45) is 39.4 Å². The molecule has 0 unspecified atom stereocenters. The molecule has 2 N–H and O–H groups in total. The van der Waals surface area contributed by atoms with Gasteiger partial charge in [-0.2, -0.15) is 0 Å². The van der Waals surface area contributed by atoms with Crippen LogP contribution in [0.5, 0.6) is 0 Å². The monoisotopic (exact) mass is 522 g/mol. The fourth-order valence-corrected chi connectivity index (χ4v) is 9.76. The van der Waals surface area contributed by atoms with Crippen LogP contribution in [0.25, 0.3) is 4.85 Å². The number of aliphatic hydroxyl groups is 1. The maximum Gasteiger partial charge on any atom is 0.407 e. The SMILES string of the molecule is [C-]#[N+]C1=C[C@]2(C)C3=CC(=O)[C@@H]4[C@@H]5CC(C)(C)CC[C@]5(NC(=O)OC)CC[C@@]4(C)[C@]3(C)CC[C@H]2[C@](C)(O)C1=O. The van der Waals surface area contributed by atoms with Gasteiger partial charge < -0.3 is 20.0 Å². The van der Waals surface area contributed by atoms with Gasteiger partial charge in [-0.3, -0.25) is 4.79 Å². The molecule has 0 aromatic heterocycles. The van der Waals surface area contributed by atoms with E-state index in [1.165, 1.54) is 14.0 Å². The third-order valence-electron chi connectivity index (χ3n) is 12.1. The first kappa shape index (κ1) is 27.1. The van der Waals surface area contributed by atoms with E-state index in [0.717, 1.165) is 44.1 Å². The number of carbonyl (C=O) groups is 3. The van der Waals surface area contributed by atoms with Gasteiger partial charge in [0, 0.05) is 22.8 Å². The standard InChI is InChI=1S/C31H42N2O5/c1-26(2)11-13-31(33-25(36)38-8)14-12-29(5)23(18(31)16-26)20(34)15-22-27(3)17-19(32-7)24(35)30(6,37)21(27)9-10-28(22,29)4/h15,17-18,21,23,37H,9-14,16H2,1-6,8H3,(H,33,36)/t18-,21+,23-,27-,28+,29+,30-,31-/m0/s1. The van der Waals surface area contributed by atoms with Gasteiger partial charge in [0.05, 0.1) is 13.7 Å². The average Bonchev–Trinajstić information content (AvgIpc) is 2.83. The molecule has 7 nitrogen and oxygen atoms in total. The van der Waals surface area contributed by atoms with Gasteiger partial charge in [0.25, 0.3) is 0 Å².